The lowest BCUT2D eigenvalue weighted by Crippen LogP contribution is -2.45. The van der Waals surface area contributed by atoms with Crippen molar-refractivity contribution in [3.05, 3.63) is 59.2 Å². The fourth-order valence-electron chi connectivity index (χ4n) is 5.81. The Labute approximate surface area is 198 Å². The molecule has 2 fully saturated rings. The Morgan fingerprint density at radius 2 is 1.70 bits per heavy atom. The highest BCUT2D eigenvalue weighted by atomic mass is 15.3. The number of pyridine rings is 2. The normalized spacial score (nSPS) is 22.8. The van der Waals surface area contributed by atoms with Gasteiger partial charge in [-0.25, -0.2) is 4.98 Å². The van der Waals surface area contributed by atoms with Crippen LogP contribution in [0.5, 0.6) is 0 Å². The summed E-state index contributed by atoms with van der Waals surface area (Å²) < 4.78 is 2.47. The molecule has 0 radical (unpaired) electrons. The first-order valence-electron chi connectivity index (χ1n) is 12.7. The zero-order valence-electron chi connectivity index (χ0n) is 20.7. The third kappa shape index (κ3) is 4.15. The summed E-state index contributed by atoms with van der Waals surface area (Å²) in [4.78, 5) is 17.6. The highest BCUT2D eigenvalue weighted by molar-refractivity contribution is 5.55. The quantitative estimate of drug-likeness (QED) is 0.571. The van der Waals surface area contributed by atoms with Gasteiger partial charge in [0.2, 0.25) is 0 Å². The first-order valence-corrected chi connectivity index (χ1v) is 12.7. The third-order valence-corrected chi connectivity index (χ3v) is 7.68. The molecule has 0 amide bonds. The number of hydrogen-bond donors (Lipinski definition) is 0. The second-order valence-corrected chi connectivity index (χ2v) is 9.90. The lowest BCUT2D eigenvalue weighted by Gasteiger charge is -2.39. The Morgan fingerprint density at radius 1 is 0.939 bits per heavy atom. The standard InChI is InChI=1S/C27H38N6/c1-5-9-23-27(22-12-6-11-21(31(22)4)26-20(2)10-8-15-28-26)29-24-13-7-14-25(33(23)24)32-18-16-30(3)17-19-32/h7-8,10,13-15,21-22H,5-6,9,11-12,16-19H2,1-4H3/t21-,22+/m0/s1. The number of hydrogen-bond acceptors (Lipinski definition) is 5. The van der Waals surface area contributed by atoms with Gasteiger partial charge in [-0.05, 0) is 70.5 Å². The first kappa shape index (κ1) is 22.4. The molecule has 0 unspecified atom stereocenters. The first-order chi connectivity index (χ1) is 16.1. The summed E-state index contributed by atoms with van der Waals surface area (Å²) in [6.45, 7) is 8.83. The topological polar surface area (TPSA) is 39.9 Å². The van der Waals surface area contributed by atoms with Crippen molar-refractivity contribution in [1.29, 1.82) is 0 Å². The maximum atomic E-state index is 5.29. The van der Waals surface area contributed by atoms with Gasteiger partial charge in [0, 0.05) is 38.1 Å². The fraction of sp³-hybridized carbons (Fsp3) is 0.556. The summed E-state index contributed by atoms with van der Waals surface area (Å²) in [6.07, 6.45) is 7.64. The van der Waals surface area contributed by atoms with Crippen molar-refractivity contribution in [2.75, 3.05) is 45.2 Å². The number of nitrogens with zero attached hydrogens (tertiary/aromatic N) is 6. The van der Waals surface area contributed by atoms with Crippen molar-refractivity contribution in [3.63, 3.8) is 0 Å². The monoisotopic (exact) mass is 446 g/mol. The van der Waals surface area contributed by atoms with E-state index in [-0.39, 0.29) is 0 Å². The van der Waals surface area contributed by atoms with Crippen LogP contribution in [0.2, 0.25) is 0 Å². The molecule has 5 heterocycles. The number of piperazine rings is 1. The molecule has 3 aromatic heterocycles. The van der Waals surface area contributed by atoms with Gasteiger partial charge in [-0.2, -0.15) is 0 Å². The van der Waals surface area contributed by atoms with Gasteiger partial charge >= 0.3 is 0 Å². The Balaban J connectivity index is 1.55. The number of aryl methyl sites for hydroxylation is 2. The number of likely N-dealkylation sites (tertiary alicyclic amines) is 1. The van der Waals surface area contributed by atoms with Gasteiger partial charge in [-0.15, -0.1) is 0 Å². The molecule has 6 nitrogen and oxygen atoms in total. The molecule has 6 heteroatoms. The minimum Gasteiger partial charge on any atom is -0.355 e. The van der Waals surface area contributed by atoms with Gasteiger partial charge in [0.05, 0.1) is 23.5 Å². The lowest BCUT2D eigenvalue weighted by molar-refractivity contribution is 0.109. The Kier molecular flexibility index (Phi) is 6.39. The van der Waals surface area contributed by atoms with Gasteiger partial charge in [0.1, 0.15) is 11.5 Å². The van der Waals surface area contributed by atoms with Crippen LogP contribution in [0.15, 0.2) is 36.5 Å². The van der Waals surface area contributed by atoms with Crippen LogP contribution in [0, 0.1) is 6.92 Å². The number of fused-ring (bicyclic) bond motifs is 1. The maximum absolute atomic E-state index is 5.29. The smallest absolute Gasteiger partial charge is 0.138 e. The molecule has 176 valence electrons. The molecule has 5 rings (SSSR count). The summed E-state index contributed by atoms with van der Waals surface area (Å²) in [7, 11) is 4.50. The van der Waals surface area contributed by atoms with E-state index in [1.54, 1.807) is 0 Å². The average molecular weight is 447 g/mol. The van der Waals surface area contributed by atoms with Crippen molar-refractivity contribution < 1.29 is 0 Å². The van der Waals surface area contributed by atoms with E-state index in [9.17, 15) is 0 Å². The molecule has 0 aliphatic carbocycles. The third-order valence-electron chi connectivity index (χ3n) is 7.68. The largest absolute Gasteiger partial charge is 0.355 e. The van der Waals surface area contributed by atoms with E-state index in [1.807, 2.05) is 12.3 Å². The highest BCUT2D eigenvalue weighted by Gasteiger charge is 2.34. The van der Waals surface area contributed by atoms with E-state index >= 15 is 0 Å². The molecule has 2 atom stereocenters. The SMILES string of the molecule is CCCc1c([C@H]2CCC[C@@H](c3ncccc3C)N2C)nc2cccc(N3CCN(C)CC3)n12. The number of imidazole rings is 1. The van der Waals surface area contributed by atoms with Crippen LogP contribution in [0.25, 0.3) is 5.65 Å². The number of piperidine rings is 1. The number of rotatable bonds is 5. The minimum absolute atomic E-state index is 0.326. The number of anilines is 1. The van der Waals surface area contributed by atoms with Gasteiger partial charge in [0.25, 0.3) is 0 Å². The maximum Gasteiger partial charge on any atom is 0.138 e. The molecule has 2 saturated heterocycles. The van der Waals surface area contributed by atoms with Crippen molar-refractivity contribution in [3.8, 4) is 0 Å². The zero-order chi connectivity index (χ0) is 22.9. The predicted octanol–water partition coefficient (Wildman–Crippen LogP) is 4.64. The molecular weight excluding hydrogens is 408 g/mol. The Bertz CT molecular complexity index is 1100. The van der Waals surface area contributed by atoms with Crippen molar-refractivity contribution >= 4 is 11.5 Å². The van der Waals surface area contributed by atoms with Crippen molar-refractivity contribution in [2.24, 2.45) is 0 Å². The molecule has 0 saturated carbocycles. The second-order valence-electron chi connectivity index (χ2n) is 9.90. The summed E-state index contributed by atoms with van der Waals surface area (Å²) in [5.74, 6) is 1.30. The van der Waals surface area contributed by atoms with Gasteiger partial charge < -0.3 is 9.80 Å². The average Bonchev–Trinajstić information content (AvgIpc) is 3.19. The van der Waals surface area contributed by atoms with E-state index in [4.69, 9.17) is 9.97 Å². The molecule has 0 spiro atoms. The highest BCUT2D eigenvalue weighted by Crippen LogP contribution is 2.42. The molecule has 33 heavy (non-hydrogen) atoms. The van der Waals surface area contributed by atoms with Crippen LogP contribution in [-0.4, -0.2) is 64.4 Å². The number of likely N-dealkylation sites (N-methyl/N-ethyl adjacent to an activating group) is 1. The molecule has 2 aliphatic heterocycles. The Morgan fingerprint density at radius 3 is 2.42 bits per heavy atom. The molecule has 3 aromatic rings. The number of aromatic nitrogens is 3. The molecule has 0 bridgehead atoms. The van der Waals surface area contributed by atoms with E-state index in [0.29, 0.717) is 12.1 Å². The van der Waals surface area contributed by atoms with Gasteiger partial charge in [0.15, 0.2) is 0 Å². The van der Waals surface area contributed by atoms with Crippen molar-refractivity contribution in [1.82, 2.24) is 24.2 Å². The van der Waals surface area contributed by atoms with Crippen LogP contribution in [0.3, 0.4) is 0 Å². The van der Waals surface area contributed by atoms with Crippen LogP contribution in [0.1, 0.15) is 67.3 Å². The van der Waals surface area contributed by atoms with E-state index in [0.717, 1.165) is 57.5 Å². The van der Waals surface area contributed by atoms with Gasteiger partial charge in [-0.3, -0.25) is 14.3 Å². The van der Waals surface area contributed by atoms with Crippen LogP contribution in [0.4, 0.5) is 5.82 Å². The Hall–Kier alpha value is -2.44. The second kappa shape index (κ2) is 9.43. The summed E-state index contributed by atoms with van der Waals surface area (Å²) in [5, 5.41) is 0. The zero-order valence-corrected chi connectivity index (χ0v) is 20.7. The van der Waals surface area contributed by atoms with E-state index in [1.165, 1.54) is 34.9 Å². The molecule has 2 aliphatic rings. The predicted molar refractivity (Wildman–Crippen MR) is 135 cm³/mol. The summed E-state index contributed by atoms with van der Waals surface area (Å²) in [5.41, 5.74) is 6.28. The molecule has 0 aromatic carbocycles. The van der Waals surface area contributed by atoms with Crippen LogP contribution in [-0.2, 0) is 6.42 Å². The minimum atomic E-state index is 0.326. The summed E-state index contributed by atoms with van der Waals surface area (Å²) >= 11 is 0. The molecular formula is C27H38N6. The van der Waals surface area contributed by atoms with Gasteiger partial charge in [-0.1, -0.05) is 25.5 Å². The lowest BCUT2D eigenvalue weighted by atomic mass is 9.90. The van der Waals surface area contributed by atoms with E-state index < -0.39 is 0 Å². The fourth-order valence-corrected chi connectivity index (χ4v) is 5.81. The van der Waals surface area contributed by atoms with Crippen LogP contribution < -0.4 is 4.90 Å². The molecule has 0 N–H and O–H groups in total. The van der Waals surface area contributed by atoms with Crippen LogP contribution >= 0.6 is 0 Å². The van der Waals surface area contributed by atoms with Crippen molar-refractivity contribution in [2.45, 2.75) is 58.0 Å². The van der Waals surface area contributed by atoms with E-state index in [2.05, 4.69) is 71.3 Å². The summed E-state index contributed by atoms with van der Waals surface area (Å²) in [6, 6.07) is 11.6.